The van der Waals surface area contributed by atoms with Crippen molar-refractivity contribution in [2.45, 2.75) is 37.6 Å². The quantitative estimate of drug-likeness (QED) is 0.892. The molecule has 1 unspecified atom stereocenters. The fourth-order valence-corrected chi connectivity index (χ4v) is 3.52. The van der Waals surface area contributed by atoms with E-state index in [1.54, 1.807) is 6.33 Å². The second-order valence-electron chi connectivity index (χ2n) is 5.75. The van der Waals surface area contributed by atoms with Crippen LogP contribution in [-0.2, 0) is 10.0 Å². The van der Waals surface area contributed by atoms with Crippen LogP contribution >= 0.6 is 0 Å². The van der Waals surface area contributed by atoms with Crippen LogP contribution in [0.2, 0.25) is 0 Å². The van der Waals surface area contributed by atoms with Crippen LogP contribution in [0.4, 0.5) is 5.82 Å². The van der Waals surface area contributed by atoms with E-state index >= 15 is 0 Å². The van der Waals surface area contributed by atoms with Gasteiger partial charge in [0.05, 0.1) is 6.26 Å². The lowest BCUT2D eigenvalue weighted by Crippen LogP contribution is -2.47. The van der Waals surface area contributed by atoms with Crippen LogP contribution in [0.1, 0.15) is 37.3 Å². The molecular weight excluding hydrogens is 276 g/mol. The average molecular weight is 296 g/mol. The van der Waals surface area contributed by atoms with Crippen molar-refractivity contribution in [3.63, 3.8) is 0 Å². The first-order chi connectivity index (χ1) is 9.51. The number of aromatic nitrogens is 2. The first-order valence-electron chi connectivity index (χ1n) is 7.05. The molecular formula is C13H20N4O2S. The van der Waals surface area contributed by atoms with Crippen molar-refractivity contribution < 1.29 is 8.42 Å². The summed E-state index contributed by atoms with van der Waals surface area (Å²) < 4.78 is 25.4. The van der Waals surface area contributed by atoms with E-state index in [0.717, 1.165) is 30.9 Å². The van der Waals surface area contributed by atoms with Gasteiger partial charge in [-0.15, -0.1) is 0 Å². The number of nitrogens with zero attached hydrogens (tertiary/aromatic N) is 3. The first kappa shape index (κ1) is 13.8. The summed E-state index contributed by atoms with van der Waals surface area (Å²) in [7, 11) is -3.15. The molecule has 1 saturated heterocycles. The third-order valence-corrected chi connectivity index (χ3v) is 4.56. The van der Waals surface area contributed by atoms with Crippen LogP contribution in [0.25, 0.3) is 0 Å². The fraction of sp³-hybridized carbons (Fsp3) is 0.692. The monoisotopic (exact) mass is 296 g/mol. The van der Waals surface area contributed by atoms with Crippen molar-refractivity contribution in [1.29, 1.82) is 0 Å². The zero-order chi connectivity index (χ0) is 14.2. The van der Waals surface area contributed by atoms with Crippen molar-refractivity contribution in [2.75, 3.05) is 24.2 Å². The van der Waals surface area contributed by atoms with Gasteiger partial charge in [0.2, 0.25) is 10.0 Å². The predicted octanol–water partition coefficient (Wildman–Crippen LogP) is 0.872. The molecule has 1 aliphatic heterocycles. The molecule has 1 aromatic rings. The molecule has 0 radical (unpaired) electrons. The van der Waals surface area contributed by atoms with E-state index in [1.807, 2.05) is 0 Å². The SMILES string of the molecule is CS(=O)(=O)NC1CCCN(c2cc(C3CC3)ncn2)C1. The topological polar surface area (TPSA) is 75.2 Å². The van der Waals surface area contributed by atoms with Gasteiger partial charge in [0.1, 0.15) is 12.1 Å². The second-order valence-corrected chi connectivity index (χ2v) is 7.53. The molecule has 2 heterocycles. The van der Waals surface area contributed by atoms with E-state index in [0.29, 0.717) is 12.5 Å². The van der Waals surface area contributed by atoms with Gasteiger partial charge in [0.15, 0.2) is 0 Å². The van der Waals surface area contributed by atoms with Gasteiger partial charge in [-0.05, 0) is 25.7 Å². The van der Waals surface area contributed by atoms with Crippen molar-refractivity contribution in [3.05, 3.63) is 18.1 Å². The molecule has 3 rings (SSSR count). The summed E-state index contributed by atoms with van der Waals surface area (Å²) in [6.45, 7) is 1.59. The lowest BCUT2D eigenvalue weighted by molar-refractivity contribution is 0.465. The normalized spacial score (nSPS) is 23.9. The fourth-order valence-electron chi connectivity index (χ4n) is 2.72. The zero-order valence-corrected chi connectivity index (χ0v) is 12.4. The molecule has 0 amide bonds. The average Bonchev–Trinajstić information content (AvgIpc) is 3.21. The van der Waals surface area contributed by atoms with Crippen LogP contribution in [0.15, 0.2) is 12.4 Å². The number of nitrogens with one attached hydrogen (secondary N) is 1. The van der Waals surface area contributed by atoms with E-state index in [-0.39, 0.29) is 6.04 Å². The van der Waals surface area contributed by atoms with Gasteiger partial charge >= 0.3 is 0 Å². The van der Waals surface area contributed by atoms with E-state index in [4.69, 9.17) is 0 Å². The lowest BCUT2D eigenvalue weighted by Gasteiger charge is -2.33. The molecule has 0 spiro atoms. The van der Waals surface area contributed by atoms with Crippen LogP contribution in [0.3, 0.4) is 0 Å². The molecule has 1 aliphatic carbocycles. The molecule has 7 heteroatoms. The Morgan fingerprint density at radius 2 is 2.10 bits per heavy atom. The number of sulfonamides is 1. The number of hydrogen-bond donors (Lipinski definition) is 1. The summed E-state index contributed by atoms with van der Waals surface area (Å²) >= 11 is 0. The maximum absolute atomic E-state index is 11.3. The third kappa shape index (κ3) is 3.46. The minimum Gasteiger partial charge on any atom is -0.355 e. The molecule has 0 bridgehead atoms. The van der Waals surface area contributed by atoms with Gasteiger partial charge in [-0.2, -0.15) is 0 Å². The van der Waals surface area contributed by atoms with Crippen molar-refractivity contribution in [2.24, 2.45) is 0 Å². The number of rotatable bonds is 4. The van der Waals surface area contributed by atoms with Gasteiger partial charge < -0.3 is 4.90 Å². The summed E-state index contributed by atoms with van der Waals surface area (Å²) in [5.74, 6) is 1.52. The largest absolute Gasteiger partial charge is 0.355 e. The van der Waals surface area contributed by atoms with E-state index in [1.165, 1.54) is 19.1 Å². The Balaban J connectivity index is 1.71. The Kier molecular flexibility index (Phi) is 3.64. The maximum atomic E-state index is 11.3. The highest BCUT2D eigenvalue weighted by atomic mass is 32.2. The van der Waals surface area contributed by atoms with Gasteiger partial charge in [0, 0.05) is 36.8 Å². The molecule has 6 nitrogen and oxygen atoms in total. The Bertz CT molecular complexity index is 586. The highest BCUT2D eigenvalue weighted by Gasteiger charge is 2.27. The van der Waals surface area contributed by atoms with E-state index < -0.39 is 10.0 Å². The summed E-state index contributed by atoms with van der Waals surface area (Å²) in [6, 6.07) is 2.03. The van der Waals surface area contributed by atoms with Crippen LogP contribution < -0.4 is 9.62 Å². The van der Waals surface area contributed by atoms with Crippen LogP contribution in [0, 0.1) is 0 Å². The second kappa shape index (κ2) is 5.29. The highest BCUT2D eigenvalue weighted by Crippen LogP contribution is 2.39. The van der Waals surface area contributed by atoms with Gasteiger partial charge in [-0.25, -0.2) is 23.1 Å². The van der Waals surface area contributed by atoms with Gasteiger partial charge in [-0.1, -0.05) is 0 Å². The third-order valence-electron chi connectivity index (χ3n) is 3.80. The number of anilines is 1. The Labute approximate surface area is 119 Å². The van der Waals surface area contributed by atoms with E-state index in [9.17, 15) is 8.42 Å². The molecule has 20 heavy (non-hydrogen) atoms. The standard InChI is InChI=1S/C13H20N4O2S/c1-20(18,19)16-11-3-2-6-17(8-11)13-7-12(10-4-5-10)14-9-15-13/h7,9-11,16H,2-6,8H2,1H3. The summed E-state index contributed by atoms with van der Waals surface area (Å²) in [4.78, 5) is 10.8. The minimum atomic E-state index is -3.15. The Hall–Kier alpha value is -1.21. The number of hydrogen-bond acceptors (Lipinski definition) is 5. The summed E-state index contributed by atoms with van der Waals surface area (Å²) in [5.41, 5.74) is 1.12. The summed E-state index contributed by atoms with van der Waals surface area (Å²) in [5, 5.41) is 0. The van der Waals surface area contributed by atoms with Crippen LogP contribution in [-0.4, -0.2) is 43.8 Å². The molecule has 1 N–H and O–H groups in total. The first-order valence-corrected chi connectivity index (χ1v) is 8.94. The summed E-state index contributed by atoms with van der Waals surface area (Å²) in [6.07, 6.45) is 7.11. The van der Waals surface area contributed by atoms with Crippen molar-refractivity contribution in [1.82, 2.24) is 14.7 Å². The molecule has 2 fully saturated rings. The molecule has 2 aliphatic rings. The Morgan fingerprint density at radius 3 is 2.80 bits per heavy atom. The highest BCUT2D eigenvalue weighted by molar-refractivity contribution is 7.88. The molecule has 1 aromatic heterocycles. The predicted molar refractivity (Wildman–Crippen MR) is 77.2 cm³/mol. The molecule has 110 valence electrons. The van der Waals surface area contributed by atoms with Crippen molar-refractivity contribution in [3.8, 4) is 0 Å². The van der Waals surface area contributed by atoms with Crippen LogP contribution in [0.5, 0.6) is 0 Å². The molecule has 1 atom stereocenters. The minimum absolute atomic E-state index is 0.0295. The molecule has 0 aromatic carbocycles. The Morgan fingerprint density at radius 1 is 1.30 bits per heavy atom. The molecule has 1 saturated carbocycles. The zero-order valence-electron chi connectivity index (χ0n) is 11.6. The van der Waals surface area contributed by atoms with E-state index in [2.05, 4.69) is 25.7 Å². The maximum Gasteiger partial charge on any atom is 0.209 e. The van der Waals surface area contributed by atoms with Gasteiger partial charge in [-0.3, -0.25) is 0 Å². The van der Waals surface area contributed by atoms with Gasteiger partial charge in [0.25, 0.3) is 0 Å². The number of piperidine rings is 1. The van der Waals surface area contributed by atoms with Crippen molar-refractivity contribution >= 4 is 15.8 Å². The smallest absolute Gasteiger partial charge is 0.209 e. The lowest BCUT2D eigenvalue weighted by atomic mass is 10.1.